The normalized spacial score (nSPS) is 20.8. The molecule has 0 saturated carbocycles. The van der Waals surface area contributed by atoms with Crippen molar-refractivity contribution in [2.45, 2.75) is 26.2 Å². The van der Waals surface area contributed by atoms with Gasteiger partial charge in [-0.15, -0.1) is 0 Å². The third-order valence-corrected chi connectivity index (χ3v) is 5.41. The van der Waals surface area contributed by atoms with Gasteiger partial charge in [0.2, 0.25) is 5.91 Å². The van der Waals surface area contributed by atoms with E-state index < -0.39 is 0 Å². The largest absolute Gasteiger partial charge is 0.336 e. The number of anilines is 1. The zero-order valence-electron chi connectivity index (χ0n) is 13.7. The van der Waals surface area contributed by atoms with Gasteiger partial charge in [-0.25, -0.2) is 0 Å². The highest BCUT2D eigenvalue weighted by Crippen LogP contribution is 2.37. The first-order valence-corrected chi connectivity index (χ1v) is 8.65. The maximum Gasteiger partial charge on any atom is 0.253 e. The molecule has 0 aliphatic carbocycles. The summed E-state index contributed by atoms with van der Waals surface area (Å²) in [5.41, 5.74) is 4.25. The van der Waals surface area contributed by atoms with Gasteiger partial charge in [-0.3, -0.25) is 9.59 Å². The summed E-state index contributed by atoms with van der Waals surface area (Å²) in [5.74, 6) is 0.376. The third kappa shape index (κ3) is 2.43. The Morgan fingerprint density at radius 3 is 2.39 bits per heavy atom. The number of amides is 2. The van der Waals surface area contributed by atoms with Crippen LogP contribution in [0.1, 0.15) is 34.8 Å². The molecule has 2 amide bonds. The smallest absolute Gasteiger partial charge is 0.253 e. The number of carbonyl (C=O) groups is 2. The van der Waals surface area contributed by atoms with Crippen molar-refractivity contribution in [3.05, 3.63) is 28.8 Å². The fraction of sp³-hybridized carbons (Fsp3) is 0.556. The molecule has 1 aromatic carbocycles. The molecule has 5 nitrogen and oxygen atoms in total. The van der Waals surface area contributed by atoms with Gasteiger partial charge in [0.1, 0.15) is 0 Å². The van der Waals surface area contributed by atoms with E-state index in [0.717, 1.165) is 63.4 Å². The van der Waals surface area contributed by atoms with E-state index in [1.807, 2.05) is 21.9 Å². The number of nitrogens with zero attached hydrogens (tertiary/aromatic N) is 3. The van der Waals surface area contributed by atoms with Crippen LogP contribution in [0.15, 0.2) is 12.1 Å². The first kappa shape index (κ1) is 14.7. The molecule has 1 aromatic rings. The monoisotopic (exact) mass is 313 g/mol. The van der Waals surface area contributed by atoms with E-state index in [1.54, 1.807) is 0 Å². The molecule has 3 heterocycles. The number of carbonyl (C=O) groups excluding carboxylic acids is 2. The Hall–Kier alpha value is -1.88. The first-order valence-electron chi connectivity index (χ1n) is 8.65. The molecule has 0 N–H and O–H groups in total. The van der Waals surface area contributed by atoms with Crippen LogP contribution in [-0.2, 0) is 17.6 Å². The van der Waals surface area contributed by atoms with Crippen molar-refractivity contribution in [1.29, 1.82) is 0 Å². The lowest BCUT2D eigenvalue weighted by Gasteiger charge is -2.34. The van der Waals surface area contributed by atoms with Crippen molar-refractivity contribution in [3.63, 3.8) is 0 Å². The lowest BCUT2D eigenvalue weighted by Crippen LogP contribution is -2.48. The van der Waals surface area contributed by atoms with E-state index in [9.17, 15) is 9.59 Å². The van der Waals surface area contributed by atoms with Gasteiger partial charge >= 0.3 is 0 Å². The predicted molar refractivity (Wildman–Crippen MR) is 88.8 cm³/mol. The van der Waals surface area contributed by atoms with E-state index in [-0.39, 0.29) is 11.8 Å². The summed E-state index contributed by atoms with van der Waals surface area (Å²) in [6.45, 7) is 7.52. The molecule has 0 spiro atoms. The van der Waals surface area contributed by atoms with Crippen LogP contribution in [0.3, 0.4) is 0 Å². The quantitative estimate of drug-likeness (QED) is 0.827. The van der Waals surface area contributed by atoms with Crippen LogP contribution in [0.5, 0.6) is 0 Å². The van der Waals surface area contributed by atoms with E-state index in [4.69, 9.17) is 0 Å². The molecule has 3 aliphatic heterocycles. The zero-order valence-corrected chi connectivity index (χ0v) is 13.7. The zero-order chi connectivity index (χ0) is 16.0. The van der Waals surface area contributed by atoms with Crippen LogP contribution in [0.4, 0.5) is 5.69 Å². The van der Waals surface area contributed by atoms with E-state index in [2.05, 4.69) is 11.8 Å². The molecule has 0 aromatic heterocycles. The molecule has 1 fully saturated rings. The van der Waals surface area contributed by atoms with Crippen molar-refractivity contribution in [2.75, 3.05) is 44.2 Å². The Morgan fingerprint density at radius 1 is 1.00 bits per heavy atom. The maximum absolute atomic E-state index is 12.9. The van der Waals surface area contributed by atoms with Crippen LogP contribution in [-0.4, -0.2) is 60.9 Å². The predicted octanol–water partition coefficient (Wildman–Crippen LogP) is 1.30. The molecule has 23 heavy (non-hydrogen) atoms. The molecule has 0 atom stereocenters. The highest BCUT2D eigenvalue weighted by atomic mass is 16.2. The van der Waals surface area contributed by atoms with Crippen LogP contribution in [0, 0.1) is 0 Å². The number of aryl methyl sites for hydroxylation is 1. The summed E-state index contributed by atoms with van der Waals surface area (Å²) in [6, 6.07) is 4.05. The Morgan fingerprint density at radius 2 is 1.70 bits per heavy atom. The van der Waals surface area contributed by atoms with E-state index >= 15 is 0 Å². The Balaban J connectivity index is 1.59. The van der Waals surface area contributed by atoms with Gasteiger partial charge in [0.05, 0.1) is 5.69 Å². The Labute approximate surface area is 136 Å². The van der Waals surface area contributed by atoms with Crippen molar-refractivity contribution < 1.29 is 9.59 Å². The topological polar surface area (TPSA) is 43.9 Å². The average Bonchev–Trinajstić information content (AvgIpc) is 3.03. The van der Waals surface area contributed by atoms with Crippen molar-refractivity contribution in [3.8, 4) is 0 Å². The van der Waals surface area contributed by atoms with Gasteiger partial charge < -0.3 is 14.7 Å². The highest BCUT2D eigenvalue weighted by molar-refractivity contribution is 6.01. The van der Waals surface area contributed by atoms with Crippen LogP contribution in [0.25, 0.3) is 0 Å². The number of piperazine rings is 1. The third-order valence-electron chi connectivity index (χ3n) is 5.41. The SMILES string of the molecule is CCN1CCN(C(=O)c2cc3c4c(c2)CCN4C(=O)CC3)CC1. The lowest BCUT2D eigenvalue weighted by molar-refractivity contribution is -0.118. The van der Waals surface area contributed by atoms with Crippen LogP contribution < -0.4 is 4.90 Å². The molecule has 1 saturated heterocycles. The molecule has 3 aliphatic rings. The minimum absolute atomic E-state index is 0.148. The van der Waals surface area contributed by atoms with Crippen molar-refractivity contribution in [2.24, 2.45) is 0 Å². The minimum atomic E-state index is 0.148. The Bertz CT molecular complexity index is 662. The summed E-state index contributed by atoms with van der Waals surface area (Å²) in [5, 5.41) is 0. The number of likely N-dealkylation sites (N-methyl/N-ethyl adjacent to an activating group) is 1. The Kier molecular flexibility index (Phi) is 3.60. The number of hydrogen-bond donors (Lipinski definition) is 0. The standard InChI is InChI=1S/C18H23N3O2/c1-2-19-7-9-20(10-8-19)18(23)15-11-13-3-4-16(22)21-6-5-14(12-15)17(13)21/h11-12H,2-10H2,1H3. The summed E-state index contributed by atoms with van der Waals surface area (Å²) >= 11 is 0. The van der Waals surface area contributed by atoms with Gasteiger partial charge in [0.25, 0.3) is 5.91 Å². The molecule has 0 unspecified atom stereocenters. The second kappa shape index (κ2) is 5.64. The fourth-order valence-electron chi connectivity index (χ4n) is 4.03. The van der Waals surface area contributed by atoms with Gasteiger partial charge in [-0.1, -0.05) is 6.92 Å². The number of benzene rings is 1. The second-order valence-electron chi connectivity index (χ2n) is 6.66. The summed E-state index contributed by atoms with van der Waals surface area (Å²) < 4.78 is 0. The summed E-state index contributed by atoms with van der Waals surface area (Å²) in [4.78, 5) is 31.1. The molecule has 4 rings (SSSR count). The van der Waals surface area contributed by atoms with Gasteiger partial charge in [-0.2, -0.15) is 0 Å². The fourth-order valence-corrected chi connectivity index (χ4v) is 4.03. The van der Waals surface area contributed by atoms with Crippen LogP contribution in [0.2, 0.25) is 0 Å². The second-order valence-corrected chi connectivity index (χ2v) is 6.66. The van der Waals surface area contributed by atoms with Gasteiger partial charge in [-0.05, 0) is 42.6 Å². The molecule has 122 valence electrons. The molecule has 0 radical (unpaired) electrons. The molecular weight excluding hydrogens is 290 g/mol. The number of rotatable bonds is 2. The minimum Gasteiger partial charge on any atom is -0.336 e. The van der Waals surface area contributed by atoms with Gasteiger partial charge in [0.15, 0.2) is 0 Å². The van der Waals surface area contributed by atoms with Crippen molar-refractivity contribution >= 4 is 17.5 Å². The molecule has 5 heteroatoms. The van der Waals surface area contributed by atoms with E-state index in [1.165, 1.54) is 11.1 Å². The van der Waals surface area contributed by atoms with Gasteiger partial charge in [0, 0.05) is 44.7 Å². The van der Waals surface area contributed by atoms with Crippen LogP contribution >= 0.6 is 0 Å². The number of hydrogen-bond acceptors (Lipinski definition) is 3. The summed E-state index contributed by atoms with van der Waals surface area (Å²) in [7, 11) is 0. The highest BCUT2D eigenvalue weighted by Gasteiger charge is 2.32. The molecule has 0 bridgehead atoms. The molecular formula is C18H23N3O2. The van der Waals surface area contributed by atoms with Crippen molar-refractivity contribution in [1.82, 2.24) is 9.80 Å². The average molecular weight is 313 g/mol. The first-order chi connectivity index (χ1) is 11.2. The summed E-state index contributed by atoms with van der Waals surface area (Å²) in [6.07, 6.45) is 2.21. The lowest BCUT2D eigenvalue weighted by atomic mass is 9.96. The maximum atomic E-state index is 12.9. The van der Waals surface area contributed by atoms with E-state index in [0.29, 0.717) is 6.42 Å².